The van der Waals surface area contributed by atoms with E-state index in [1.165, 1.54) is 0 Å². The Bertz CT molecular complexity index is 127. The van der Waals surface area contributed by atoms with Crippen LogP contribution in [0.5, 0.6) is 0 Å². The van der Waals surface area contributed by atoms with Crippen molar-refractivity contribution in [3.63, 3.8) is 0 Å². The third kappa shape index (κ3) is 5.97. The summed E-state index contributed by atoms with van der Waals surface area (Å²) in [5.74, 6) is -2.53. The van der Waals surface area contributed by atoms with Gasteiger partial charge in [0.1, 0.15) is 0 Å². The SMILES string of the molecule is CCC(CC)N(C)CCC(C)(F)F. The second kappa shape index (κ2) is 5.53. The maximum absolute atomic E-state index is 12.5. The topological polar surface area (TPSA) is 3.24 Å². The zero-order valence-corrected chi connectivity index (χ0v) is 9.11. The van der Waals surface area contributed by atoms with Crippen LogP contribution in [0.3, 0.4) is 0 Å². The van der Waals surface area contributed by atoms with E-state index in [4.69, 9.17) is 0 Å². The zero-order valence-electron chi connectivity index (χ0n) is 9.11. The van der Waals surface area contributed by atoms with Crippen molar-refractivity contribution in [2.45, 2.75) is 52.0 Å². The smallest absolute Gasteiger partial charge is 0.246 e. The summed E-state index contributed by atoms with van der Waals surface area (Å²) in [7, 11) is 1.92. The van der Waals surface area contributed by atoms with Crippen LogP contribution in [0.1, 0.15) is 40.0 Å². The van der Waals surface area contributed by atoms with Crippen molar-refractivity contribution in [2.75, 3.05) is 13.6 Å². The van der Waals surface area contributed by atoms with Crippen LogP contribution in [-0.2, 0) is 0 Å². The minimum absolute atomic E-state index is 0.0417. The zero-order chi connectivity index (χ0) is 10.5. The van der Waals surface area contributed by atoms with Gasteiger partial charge >= 0.3 is 0 Å². The summed E-state index contributed by atoms with van der Waals surface area (Å²) in [4.78, 5) is 2.03. The Morgan fingerprint density at radius 2 is 1.69 bits per heavy atom. The molecule has 0 radical (unpaired) electrons. The van der Waals surface area contributed by atoms with Crippen molar-refractivity contribution >= 4 is 0 Å². The molecule has 0 saturated carbocycles. The molecule has 0 rings (SSSR count). The molecule has 0 aromatic carbocycles. The third-order valence-electron chi connectivity index (χ3n) is 2.47. The molecule has 0 aliphatic heterocycles. The molecular formula is C10H21F2N. The Balaban J connectivity index is 3.78. The Hall–Kier alpha value is -0.180. The average molecular weight is 193 g/mol. The predicted molar refractivity (Wildman–Crippen MR) is 52.2 cm³/mol. The Labute approximate surface area is 80.1 Å². The summed E-state index contributed by atoms with van der Waals surface area (Å²) >= 11 is 0. The molecule has 0 atom stereocenters. The maximum Gasteiger partial charge on any atom is 0.246 e. The van der Waals surface area contributed by atoms with Crippen LogP contribution in [0.4, 0.5) is 8.78 Å². The Kier molecular flexibility index (Phi) is 5.45. The molecule has 0 N–H and O–H groups in total. The van der Waals surface area contributed by atoms with Gasteiger partial charge in [0.15, 0.2) is 0 Å². The van der Waals surface area contributed by atoms with E-state index in [0.29, 0.717) is 12.6 Å². The second-order valence-corrected chi connectivity index (χ2v) is 3.77. The minimum Gasteiger partial charge on any atom is -0.303 e. The monoisotopic (exact) mass is 193 g/mol. The first kappa shape index (κ1) is 12.8. The van der Waals surface area contributed by atoms with E-state index >= 15 is 0 Å². The fraction of sp³-hybridized carbons (Fsp3) is 1.00. The van der Waals surface area contributed by atoms with Crippen molar-refractivity contribution in [3.8, 4) is 0 Å². The molecule has 0 unspecified atom stereocenters. The van der Waals surface area contributed by atoms with Crippen LogP contribution in [0.15, 0.2) is 0 Å². The first-order valence-corrected chi connectivity index (χ1v) is 4.98. The van der Waals surface area contributed by atoms with E-state index < -0.39 is 5.92 Å². The summed E-state index contributed by atoms with van der Waals surface area (Å²) in [6.45, 7) is 5.65. The van der Waals surface area contributed by atoms with Crippen LogP contribution in [0.2, 0.25) is 0 Å². The first-order valence-electron chi connectivity index (χ1n) is 4.98. The van der Waals surface area contributed by atoms with Crippen molar-refractivity contribution in [1.29, 1.82) is 0 Å². The van der Waals surface area contributed by atoms with Gasteiger partial charge in [0.2, 0.25) is 5.92 Å². The maximum atomic E-state index is 12.5. The van der Waals surface area contributed by atoms with E-state index in [1.807, 2.05) is 11.9 Å². The van der Waals surface area contributed by atoms with E-state index in [9.17, 15) is 8.78 Å². The lowest BCUT2D eigenvalue weighted by Crippen LogP contribution is -2.33. The molecule has 3 heteroatoms. The van der Waals surface area contributed by atoms with Gasteiger partial charge in [0, 0.05) is 19.0 Å². The summed E-state index contributed by atoms with van der Waals surface area (Å²) < 4.78 is 25.1. The minimum atomic E-state index is -2.53. The molecule has 13 heavy (non-hydrogen) atoms. The number of hydrogen-bond donors (Lipinski definition) is 0. The quantitative estimate of drug-likeness (QED) is 0.626. The van der Waals surface area contributed by atoms with Gasteiger partial charge in [-0.2, -0.15) is 0 Å². The Morgan fingerprint density at radius 3 is 2.00 bits per heavy atom. The molecule has 80 valence electrons. The molecule has 0 spiro atoms. The van der Waals surface area contributed by atoms with Crippen LogP contribution in [-0.4, -0.2) is 30.5 Å². The summed E-state index contributed by atoms with van der Waals surface area (Å²) in [5.41, 5.74) is 0. The normalized spacial score (nSPS) is 12.9. The van der Waals surface area contributed by atoms with Gasteiger partial charge in [-0.15, -0.1) is 0 Å². The van der Waals surface area contributed by atoms with Crippen LogP contribution < -0.4 is 0 Å². The average Bonchev–Trinajstić information content (AvgIpc) is 2.02. The van der Waals surface area contributed by atoms with E-state index in [0.717, 1.165) is 19.8 Å². The fourth-order valence-corrected chi connectivity index (χ4v) is 1.47. The molecule has 0 aromatic rings. The highest BCUT2D eigenvalue weighted by Crippen LogP contribution is 2.18. The molecule has 0 fully saturated rings. The van der Waals surface area contributed by atoms with Crippen molar-refractivity contribution in [3.05, 3.63) is 0 Å². The molecule has 0 bridgehead atoms. The highest BCUT2D eigenvalue weighted by molar-refractivity contribution is 4.68. The van der Waals surface area contributed by atoms with Gasteiger partial charge in [0.05, 0.1) is 0 Å². The number of hydrogen-bond acceptors (Lipinski definition) is 1. The van der Waals surface area contributed by atoms with Crippen LogP contribution in [0, 0.1) is 0 Å². The van der Waals surface area contributed by atoms with E-state index in [2.05, 4.69) is 13.8 Å². The molecule has 0 aliphatic carbocycles. The third-order valence-corrected chi connectivity index (χ3v) is 2.47. The lowest BCUT2D eigenvalue weighted by molar-refractivity contribution is 0.00165. The number of halogens is 2. The highest BCUT2D eigenvalue weighted by atomic mass is 19.3. The first-order chi connectivity index (χ1) is 5.90. The van der Waals surface area contributed by atoms with Gasteiger partial charge in [-0.25, -0.2) is 8.78 Å². The van der Waals surface area contributed by atoms with Crippen molar-refractivity contribution in [2.24, 2.45) is 0 Å². The van der Waals surface area contributed by atoms with Crippen LogP contribution >= 0.6 is 0 Å². The van der Waals surface area contributed by atoms with Gasteiger partial charge in [0.25, 0.3) is 0 Å². The summed E-state index contributed by atoms with van der Waals surface area (Å²) in [6, 6.07) is 0.447. The van der Waals surface area contributed by atoms with Crippen molar-refractivity contribution in [1.82, 2.24) is 4.90 Å². The molecular weight excluding hydrogens is 172 g/mol. The summed E-state index contributed by atoms with van der Waals surface area (Å²) in [6.07, 6.45) is 2.02. The molecule has 1 nitrogen and oxygen atoms in total. The second-order valence-electron chi connectivity index (χ2n) is 3.77. The van der Waals surface area contributed by atoms with Crippen LogP contribution in [0.25, 0.3) is 0 Å². The molecule has 0 aliphatic rings. The fourth-order valence-electron chi connectivity index (χ4n) is 1.47. The predicted octanol–water partition coefficient (Wildman–Crippen LogP) is 3.15. The lowest BCUT2D eigenvalue weighted by atomic mass is 10.1. The van der Waals surface area contributed by atoms with E-state index in [1.54, 1.807) is 0 Å². The molecule has 0 aromatic heterocycles. The Morgan fingerprint density at radius 1 is 1.23 bits per heavy atom. The van der Waals surface area contributed by atoms with Crippen molar-refractivity contribution < 1.29 is 8.78 Å². The molecule has 0 saturated heterocycles. The number of rotatable bonds is 6. The highest BCUT2D eigenvalue weighted by Gasteiger charge is 2.22. The summed E-state index contributed by atoms with van der Waals surface area (Å²) in [5, 5.41) is 0. The van der Waals surface area contributed by atoms with E-state index in [-0.39, 0.29) is 6.42 Å². The lowest BCUT2D eigenvalue weighted by Gasteiger charge is -2.27. The molecule has 0 heterocycles. The number of alkyl halides is 2. The number of nitrogens with zero attached hydrogens (tertiary/aromatic N) is 1. The largest absolute Gasteiger partial charge is 0.303 e. The van der Waals surface area contributed by atoms with Gasteiger partial charge in [-0.05, 0) is 26.8 Å². The van der Waals surface area contributed by atoms with Gasteiger partial charge < -0.3 is 4.90 Å². The molecule has 0 amide bonds. The van der Waals surface area contributed by atoms with Gasteiger partial charge in [-0.3, -0.25) is 0 Å². The van der Waals surface area contributed by atoms with Gasteiger partial charge in [-0.1, -0.05) is 13.8 Å². The standard InChI is InChI=1S/C10H21F2N/c1-5-9(6-2)13(4)8-7-10(3,11)12/h9H,5-8H2,1-4H3.